The summed E-state index contributed by atoms with van der Waals surface area (Å²) in [7, 11) is 0. The molecule has 1 aliphatic rings. The van der Waals surface area contributed by atoms with Crippen LogP contribution in [0.25, 0.3) is 16.6 Å². The van der Waals surface area contributed by atoms with Crippen molar-refractivity contribution in [1.82, 2.24) is 14.5 Å². The molecule has 2 aromatic carbocycles. The zero-order valence-electron chi connectivity index (χ0n) is 15.4. The molecule has 0 atom stereocenters. The minimum Gasteiger partial charge on any atom is -0.339 e. The highest BCUT2D eigenvalue weighted by Crippen LogP contribution is 2.33. The van der Waals surface area contributed by atoms with E-state index in [9.17, 15) is 22.8 Å². The Hall–Kier alpha value is -2.65. The van der Waals surface area contributed by atoms with Gasteiger partial charge in [0.05, 0.1) is 27.2 Å². The SMILES string of the molecule is O=C(c1ccc2c(=O)n(-c3cc(C(F)(F)F)ccc3Cl)c(=S)[nH]c2c1)N1CCCC1. The zero-order valence-corrected chi connectivity index (χ0v) is 17.0. The van der Waals surface area contributed by atoms with Crippen LogP contribution in [-0.2, 0) is 6.18 Å². The van der Waals surface area contributed by atoms with Crippen molar-refractivity contribution in [3.8, 4) is 5.69 Å². The number of likely N-dealkylation sites (tertiary alicyclic amines) is 1. The maximum Gasteiger partial charge on any atom is 0.416 e. The van der Waals surface area contributed by atoms with Crippen LogP contribution in [0.15, 0.2) is 41.2 Å². The fourth-order valence-corrected chi connectivity index (χ4v) is 4.03. The van der Waals surface area contributed by atoms with Crippen molar-refractivity contribution in [2.24, 2.45) is 0 Å². The number of hydrogen-bond donors (Lipinski definition) is 1. The van der Waals surface area contributed by atoms with Gasteiger partial charge in [-0.05, 0) is 61.5 Å². The summed E-state index contributed by atoms with van der Waals surface area (Å²) in [6.07, 6.45) is -2.70. The van der Waals surface area contributed by atoms with E-state index in [0.717, 1.165) is 35.6 Å². The molecule has 0 spiro atoms. The number of aromatic amines is 1. The van der Waals surface area contributed by atoms with Gasteiger partial charge in [0, 0.05) is 18.7 Å². The monoisotopic (exact) mass is 453 g/mol. The lowest BCUT2D eigenvalue weighted by molar-refractivity contribution is -0.137. The van der Waals surface area contributed by atoms with Gasteiger partial charge in [-0.3, -0.25) is 14.2 Å². The summed E-state index contributed by atoms with van der Waals surface area (Å²) in [5, 5.41) is 0.125. The van der Waals surface area contributed by atoms with Gasteiger partial charge in [0.25, 0.3) is 11.5 Å². The van der Waals surface area contributed by atoms with Crippen LogP contribution < -0.4 is 5.56 Å². The van der Waals surface area contributed by atoms with E-state index in [2.05, 4.69) is 4.98 Å². The van der Waals surface area contributed by atoms with Gasteiger partial charge in [0.15, 0.2) is 4.77 Å². The Bertz CT molecular complexity index is 1280. The first-order chi connectivity index (χ1) is 14.2. The fraction of sp³-hybridized carbons (Fsp3) is 0.250. The maximum absolute atomic E-state index is 13.1. The van der Waals surface area contributed by atoms with Crippen LogP contribution in [0, 0.1) is 4.77 Å². The summed E-state index contributed by atoms with van der Waals surface area (Å²) >= 11 is 11.3. The molecule has 0 saturated carbocycles. The highest BCUT2D eigenvalue weighted by atomic mass is 35.5. The largest absolute Gasteiger partial charge is 0.416 e. The zero-order chi connectivity index (χ0) is 21.6. The van der Waals surface area contributed by atoms with E-state index in [0.29, 0.717) is 24.2 Å². The molecule has 4 rings (SSSR count). The Labute approximate surface area is 178 Å². The molecule has 2 heterocycles. The smallest absolute Gasteiger partial charge is 0.339 e. The molecule has 1 amide bonds. The van der Waals surface area contributed by atoms with E-state index in [1.54, 1.807) is 4.90 Å². The molecule has 1 N–H and O–H groups in total. The molecule has 5 nitrogen and oxygen atoms in total. The third kappa shape index (κ3) is 3.63. The number of H-pyrrole nitrogens is 1. The Kier molecular flexibility index (Phi) is 5.19. The molecule has 1 saturated heterocycles. The van der Waals surface area contributed by atoms with Gasteiger partial charge < -0.3 is 9.88 Å². The van der Waals surface area contributed by atoms with Gasteiger partial charge >= 0.3 is 6.18 Å². The van der Waals surface area contributed by atoms with Crippen molar-refractivity contribution in [2.45, 2.75) is 19.0 Å². The third-order valence-corrected chi connectivity index (χ3v) is 5.66. The van der Waals surface area contributed by atoms with Crippen LogP contribution in [0.5, 0.6) is 0 Å². The number of rotatable bonds is 2. The molecular weight excluding hydrogens is 439 g/mol. The summed E-state index contributed by atoms with van der Waals surface area (Å²) in [4.78, 5) is 30.2. The lowest BCUT2D eigenvalue weighted by Gasteiger charge is -2.16. The Morgan fingerprint density at radius 3 is 2.47 bits per heavy atom. The molecule has 1 aromatic heterocycles. The van der Waals surface area contributed by atoms with Gasteiger partial charge in [0.1, 0.15) is 0 Å². The molecule has 3 aromatic rings. The molecule has 1 fully saturated rings. The average Bonchev–Trinajstić information content (AvgIpc) is 3.22. The normalized spacial score (nSPS) is 14.5. The molecule has 30 heavy (non-hydrogen) atoms. The minimum absolute atomic E-state index is 0.0511. The summed E-state index contributed by atoms with van der Waals surface area (Å²) in [5.74, 6) is -0.140. The van der Waals surface area contributed by atoms with Crippen molar-refractivity contribution in [2.75, 3.05) is 13.1 Å². The van der Waals surface area contributed by atoms with E-state index in [4.69, 9.17) is 23.8 Å². The van der Waals surface area contributed by atoms with Crippen LogP contribution >= 0.6 is 23.8 Å². The number of hydrogen-bond acceptors (Lipinski definition) is 3. The summed E-state index contributed by atoms with van der Waals surface area (Å²) in [6.45, 7) is 1.37. The number of nitrogens with zero attached hydrogens (tertiary/aromatic N) is 2. The van der Waals surface area contributed by atoms with E-state index < -0.39 is 17.3 Å². The number of fused-ring (bicyclic) bond motifs is 1. The molecule has 0 aliphatic carbocycles. The molecule has 1 aliphatic heterocycles. The molecule has 10 heteroatoms. The van der Waals surface area contributed by atoms with Crippen molar-refractivity contribution in [3.05, 3.63) is 67.7 Å². The quantitative estimate of drug-likeness (QED) is 0.558. The first-order valence-electron chi connectivity index (χ1n) is 9.12. The van der Waals surface area contributed by atoms with Gasteiger partial charge in [-0.25, -0.2) is 0 Å². The number of benzene rings is 2. The third-order valence-electron chi connectivity index (χ3n) is 5.05. The first kappa shape index (κ1) is 20.6. The molecular formula is C20H15ClF3N3O2S. The summed E-state index contributed by atoms with van der Waals surface area (Å²) < 4.78 is 40.2. The van der Waals surface area contributed by atoms with E-state index >= 15 is 0 Å². The molecule has 0 radical (unpaired) electrons. The highest BCUT2D eigenvalue weighted by Gasteiger charge is 2.31. The molecule has 0 unspecified atom stereocenters. The number of carbonyl (C=O) groups is 1. The van der Waals surface area contributed by atoms with Crippen LogP contribution in [0.1, 0.15) is 28.8 Å². The average molecular weight is 454 g/mol. The number of halogens is 4. The second kappa shape index (κ2) is 7.55. The van der Waals surface area contributed by atoms with Gasteiger partial charge in [-0.1, -0.05) is 11.6 Å². The van der Waals surface area contributed by atoms with Crippen molar-refractivity contribution in [1.29, 1.82) is 0 Å². The number of aromatic nitrogens is 2. The molecule has 156 valence electrons. The van der Waals surface area contributed by atoms with Crippen molar-refractivity contribution < 1.29 is 18.0 Å². The second-order valence-corrected chi connectivity index (χ2v) is 7.79. The standard InChI is InChI=1S/C20H15ClF3N3O2S/c21-14-6-4-12(20(22,23)24)10-16(14)27-18(29)13-5-3-11(9-15(13)25-19(27)30)17(28)26-7-1-2-8-26/h3-6,9-10H,1-2,7-8H2,(H,25,30). The Morgan fingerprint density at radius 1 is 1.10 bits per heavy atom. The predicted molar refractivity (Wildman–Crippen MR) is 110 cm³/mol. The minimum atomic E-state index is -4.60. The fourth-order valence-electron chi connectivity index (χ4n) is 3.53. The summed E-state index contributed by atoms with van der Waals surface area (Å²) in [5.41, 5.74) is -1.01. The van der Waals surface area contributed by atoms with E-state index in [-0.39, 0.29) is 26.8 Å². The number of nitrogens with one attached hydrogen (secondary N) is 1. The first-order valence-corrected chi connectivity index (χ1v) is 9.91. The van der Waals surface area contributed by atoms with Gasteiger partial charge in [-0.2, -0.15) is 13.2 Å². The van der Waals surface area contributed by atoms with Crippen molar-refractivity contribution >= 4 is 40.6 Å². The Balaban J connectivity index is 1.86. The number of alkyl halides is 3. The lowest BCUT2D eigenvalue weighted by atomic mass is 10.1. The number of amides is 1. The van der Waals surface area contributed by atoms with Crippen molar-refractivity contribution in [3.63, 3.8) is 0 Å². The lowest BCUT2D eigenvalue weighted by Crippen LogP contribution is -2.28. The van der Waals surface area contributed by atoms with E-state index in [1.807, 2.05) is 0 Å². The van der Waals surface area contributed by atoms with Crippen LogP contribution in [0.3, 0.4) is 0 Å². The van der Waals surface area contributed by atoms with Gasteiger partial charge in [-0.15, -0.1) is 0 Å². The van der Waals surface area contributed by atoms with Gasteiger partial charge in [0.2, 0.25) is 0 Å². The summed E-state index contributed by atoms with van der Waals surface area (Å²) in [6, 6.07) is 7.21. The maximum atomic E-state index is 13.1. The second-order valence-electron chi connectivity index (χ2n) is 6.99. The highest BCUT2D eigenvalue weighted by molar-refractivity contribution is 7.71. The Morgan fingerprint density at radius 2 is 1.80 bits per heavy atom. The van der Waals surface area contributed by atoms with E-state index in [1.165, 1.54) is 18.2 Å². The van der Waals surface area contributed by atoms with Crippen LogP contribution in [0.2, 0.25) is 5.02 Å². The number of carbonyl (C=O) groups excluding carboxylic acids is 1. The topological polar surface area (TPSA) is 58.1 Å². The molecule has 0 bridgehead atoms. The predicted octanol–water partition coefficient (Wildman–Crippen LogP) is 4.96. The van der Waals surface area contributed by atoms with Crippen LogP contribution in [-0.4, -0.2) is 33.4 Å². The van der Waals surface area contributed by atoms with Crippen LogP contribution in [0.4, 0.5) is 13.2 Å².